The number of anilines is 1. The van der Waals surface area contributed by atoms with E-state index in [0.717, 1.165) is 5.69 Å². The smallest absolute Gasteiger partial charge is 0.287 e. The molecule has 0 aliphatic heterocycles. The predicted molar refractivity (Wildman–Crippen MR) is 61.4 cm³/mol. The van der Waals surface area contributed by atoms with Gasteiger partial charge < -0.3 is 5.32 Å². The van der Waals surface area contributed by atoms with Crippen molar-refractivity contribution in [2.24, 2.45) is 7.05 Å². The van der Waals surface area contributed by atoms with Crippen LogP contribution in [0.1, 0.15) is 5.69 Å². The molecule has 17 heavy (non-hydrogen) atoms. The number of hydrogen-bond donors (Lipinski definition) is 1. The molecule has 2 aromatic rings. The third kappa shape index (κ3) is 2.77. The van der Waals surface area contributed by atoms with E-state index in [-0.39, 0.29) is 5.69 Å². The zero-order valence-corrected chi connectivity index (χ0v) is 9.20. The van der Waals surface area contributed by atoms with Crippen molar-refractivity contribution >= 4 is 11.5 Å². The largest absolute Gasteiger partial charge is 0.364 e. The van der Waals surface area contributed by atoms with Gasteiger partial charge in [0.2, 0.25) is 0 Å². The highest BCUT2D eigenvalue weighted by Crippen LogP contribution is 2.12. The van der Waals surface area contributed by atoms with Crippen LogP contribution < -0.4 is 5.32 Å². The number of pyridine rings is 1. The summed E-state index contributed by atoms with van der Waals surface area (Å²) in [6.07, 6.45) is 3.07. The average Bonchev–Trinajstić information content (AvgIpc) is 2.73. The van der Waals surface area contributed by atoms with Gasteiger partial charge in [0.25, 0.3) is 5.69 Å². The highest BCUT2D eigenvalue weighted by molar-refractivity contribution is 5.40. The predicted octanol–water partition coefficient (Wildman–Crippen LogP) is 1.34. The topological polar surface area (TPSA) is 85.9 Å². The number of hydrogen-bond acceptors (Lipinski definition) is 5. The van der Waals surface area contributed by atoms with Gasteiger partial charge in [-0.15, -0.1) is 0 Å². The third-order valence-electron chi connectivity index (χ3n) is 2.18. The Morgan fingerprint density at radius 1 is 1.47 bits per heavy atom. The molecule has 0 spiro atoms. The van der Waals surface area contributed by atoms with Crippen LogP contribution in [0.15, 0.2) is 30.6 Å². The first-order chi connectivity index (χ1) is 8.15. The lowest BCUT2D eigenvalue weighted by Crippen LogP contribution is -2.02. The first kappa shape index (κ1) is 11.1. The fourth-order valence-electron chi connectivity index (χ4n) is 1.34. The van der Waals surface area contributed by atoms with E-state index in [1.165, 1.54) is 12.3 Å². The number of aryl methyl sites for hydroxylation is 1. The summed E-state index contributed by atoms with van der Waals surface area (Å²) in [6, 6.07) is 4.87. The Balaban J connectivity index is 1.97. The van der Waals surface area contributed by atoms with E-state index in [1.54, 1.807) is 10.7 Å². The number of aromatic nitrogens is 3. The van der Waals surface area contributed by atoms with E-state index in [4.69, 9.17) is 0 Å². The number of nitrogens with zero attached hydrogens (tertiary/aromatic N) is 4. The zero-order chi connectivity index (χ0) is 12.3. The second kappa shape index (κ2) is 4.60. The van der Waals surface area contributed by atoms with Crippen molar-refractivity contribution in [3.05, 3.63) is 46.4 Å². The molecule has 2 rings (SSSR count). The molecule has 0 fully saturated rings. The maximum absolute atomic E-state index is 10.4. The lowest BCUT2D eigenvalue weighted by molar-refractivity contribution is -0.385. The van der Waals surface area contributed by atoms with Crippen LogP contribution in [-0.4, -0.2) is 19.7 Å². The Morgan fingerprint density at radius 3 is 2.82 bits per heavy atom. The SMILES string of the molecule is Cn1ccc(CNc2ccc([N+](=O)[O-])cn2)n1. The lowest BCUT2D eigenvalue weighted by Gasteiger charge is -2.02. The standard InChI is InChI=1S/C10H11N5O2/c1-14-5-4-8(13-14)6-11-10-3-2-9(7-12-10)15(16)17/h2-5,7H,6H2,1H3,(H,11,12). The molecule has 0 aromatic carbocycles. The summed E-state index contributed by atoms with van der Waals surface area (Å²) in [7, 11) is 1.84. The van der Waals surface area contributed by atoms with Crippen LogP contribution in [0.5, 0.6) is 0 Å². The summed E-state index contributed by atoms with van der Waals surface area (Å²) in [5, 5.41) is 17.6. The van der Waals surface area contributed by atoms with Gasteiger partial charge in [-0.2, -0.15) is 5.10 Å². The Bertz CT molecular complexity index is 520. The van der Waals surface area contributed by atoms with Gasteiger partial charge in [-0.3, -0.25) is 14.8 Å². The van der Waals surface area contributed by atoms with Gasteiger partial charge in [-0.25, -0.2) is 4.98 Å². The van der Waals surface area contributed by atoms with Crippen molar-refractivity contribution in [3.63, 3.8) is 0 Å². The van der Waals surface area contributed by atoms with Crippen LogP contribution in [-0.2, 0) is 13.6 Å². The van der Waals surface area contributed by atoms with Crippen LogP contribution in [0.4, 0.5) is 11.5 Å². The first-order valence-electron chi connectivity index (χ1n) is 4.98. The molecular formula is C10H11N5O2. The molecule has 0 unspecified atom stereocenters. The van der Waals surface area contributed by atoms with E-state index in [0.29, 0.717) is 12.4 Å². The molecule has 0 saturated heterocycles. The van der Waals surface area contributed by atoms with Gasteiger partial charge in [-0.05, 0) is 12.1 Å². The highest BCUT2D eigenvalue weighted by Gasteiger charge is 2.05. The Kier molecular flexibility index (Phi) is 2.99. The van der Waals surface area contributed by atoms with E-state index < -0.39 is 4.92 Å². The van der Waals surface area contributed by atoms with Crippen LogP contribution in [0.2, 0.25) is 0 Å². The lowest BCUT2D eigenvalue weighted by atomic mass is 10.4. The number of nitro groups is 1. The van der Waals surface area contributed by atoms with Crippen molar-refractivity contribution in [3.8, 4) is 0 Å². The normalized spacial score (nSPS) is 10.2. The summed E-state index contributed by atoms with van der Waals surface area (Å²) in [4.78, 5) is 13.9. The van der Waals surface area contributed by atoms with Crippen molar-refractivity contribution in [2.75, 3.05) is 5.32 Å². The van der Waals surface area contributed by atoms with Crippen LogP contribution in [0.25, 0.3) is 0 Å². The summed E-state index contributed by atoms with van der Waals surface area (Å²) >= 11 is 0. The van der Waals surface area contributed by atoms with Crippen molar-refractivity contribution in [1.82, 2.24) is 14.8 Å². The van der Waals surface area contributed by atoms with E-state index >= 15 is 0 Å². The van der Waals surface area contributed by atoms with Crippen molar-refractivity contribution < 1.29 is 4.92 Å². The second-order valence-electron chi connectivity index (χ2n) is 3.49. The van der Waals surface area contributed by atoms with Crippen LogP contribution in [0, 0.1) is 10.1 Å². The molecule has 7 nitrogen and oxygen atoms in total. The Hall–Kier alpha value is -2.44. The maximum atomic E-state index is 10.4. The monoisotopic (exact) mass is 233 g/mol. The maximum Gasteiger partial charge on any atom is 0.287 e. The molecule has 0 aliphatic carbocycles. The summed E-state index contributed by atoms with van der Waals surface area (Å²) in [5.41, 5.74) is 0.862. The fourth-order valence-corrected chi connectivity index (χ4v) is 1.34. The molecule has 88 valence electrons. The van der Waals surface area contributed by atoms with Gasteiger partial charge >= 0.3 is 0 Å². The Labute approximate surface area is 97.2 Å². The fraction of sp³-hybridized carbons (Fsp3) is 0.200. The van der Waals surface area contributed by atoms with Crippen molar-refractivity contribution in [2.45, 2.75) is 6.54 Å². The number of rotatable bonds is 4. The minimum atomic E-state index is -0.477. The molecule has 1 N–H and O–H groups in total. The molecule has 0 aliphatic rings. The van der Waals surface area contributed by atoms with E-state index in [2.05, 4.69) is 15.4 Å². The minimum absolute atomic E-state index is 0.0200. The summed E-state index contributed by atoms with van der Waals surface area (Å²) < 4.78 is 1.71. The molecule has 0 bridgehead atoms. The molecule has 0 saturated carbocycles. The first-order valence-corrected chi connectivity index (χ1v) is 4.98. The molecule has 7 heteroatoms. The number of nitrogens with one attached hydrogen (secondary N) is 1. The van der Waals surface area contributed by atoms with Gasteiger partial charge in [0.05, 0.1) is 17.2 Å². The van der Waals surface area contributed by atoms with E-state index in [9.17, 15) is 10.1 Å². The third-order valence-corrected chi connectivity index (χ3v) is 2.18. The zero-order valence-electron chi connectivity index (χ0n) is 9.20. The highest BCUT2D eigenvalue weighted by atomic mass is 16.6. The average molecular weight is 233 g/mol. The van der Waals surface area contributed by atoms with Gasteiger partial charge in [0.15, 0.2) is 0 Å². The molecule has 0 amide bonds. The minimum Gasteiger partial charge on any atom is -0.364 e. The molecule has 2 aromatic heterocycles. The Morgan fingerprint density at radius 2 is 2.29 bits per heavy atom. The summed E-state index contributed by atoms with van der Waals surface area (Å²) in [5.74, 6) is 0.584. The quantitative estimate of drug-likeness (QED) is 0.636. The second-order valence-corrected chi connectivity index (χ2v) is 3.49. The van der Waals surface area contributed by atoms with Gasteiger partial charge in [-0.1, -0.05) is 0 Å². The van der Waals surface area contributed by atoms with Gasteiger partial charge in [0.1, 0.15) is 12.0 Å². The van der Waals surface area contributed by atoms with Crippen LogP contribution >= 0.6 is 0 Å². The summed E-state index contributed by atoms with van der Waals surface area (Å²) in [6.45, 7) is 0.533. The van der Waals surface area contributed by atoms with E-state index in [1.807, 2.05) is 19.3 Å². The molecule has 2 heterocycles. The molecule has 0 atom stereocenters. The van der Waals surface area contributed by atoms with Gasteiger partial charge in [0, 0.05) is 19.3 Å². The molecular weight excluding hydrogens is 222 g/mol. The molecule has 0 radical (unpaired) electrons. The van der Waals surface area contributed by atoms with Crippen molar-refractivity contribution in [1.29, 1.82) is 0 Å². The van der Waals surface area contributed by atoms with Crippen LogP contribution in [0.3, 0.4) is 0 Å².